The number of nitrogens with one attached hydrogen (secondary N) is 2. The maximum atomic E-state index is 13.7. The lowest BCUT2D eigenvalue weighted by Gasteiger charge is -2.45. The number of ether oxygens (including phenoxy) is 1. The molecule has 2 aliphatic rings. The number of carbonyl (C=O) groups is 2. The molecule has 7 heteroatoms. The van der Waals surface area contributed by atoms with Crippen LogP contribution in [-0.2, 0) is 17.8 Å². The summed E-state index contributed by atoms with van der Waals surface area (Å²) in [5, 5.41) is 17.8. The Morgan fingerprint density at radius 1 is 0.972 bits per heavy atom. The Bertz CT molecular complexity index is 1170. The van der Waals surface area contributed by atoms with Gasteiger partial charge in [-0.25, -0.2) is 4.79 Å². The highest BCUT2D eigenvalue weighted by Crippen LogP contribution is 2.41. The molecule has 3 aromatic carbocycles. The van der Waals surface area contributed by atoms with Gasteiger partial charge in [-0.1, -0.05) is 78.9 Å². The lowest BCUT2D eigenvalue weighted by molar-refractivity contribution is -0.136. The minimum absolute atomic E-state index is 0.151. The van der Waals surface area contributed by atoms with Crippen molar-refractivity contribution in [1.29, 1.82) is 0 Å². The molecule has 3 N–H and O–H groups in total. The quantitative estimate of drug-likeness (QED) is 0.453. The van der Waals surface area contributed by atoms with E-state index in [1.165, 1.54) is 0 Å². The van der Waals surface area contributed by atoms with Crippen molar-refractivity contribution in [3.05, 3.63) is 102 Å². The Morgan fingerprint density at radius 3 is 2.14 bits per heavy atom. The first kappa shape index (κ1) is 24.0. The summed E-state index contributed by atoms with van der Waals surface area (Å²) in [6.45, 7) is 0.475. The molecule has 7 nitrogen and oxygen atoms in total. The van der Waals surface area contributed by atoms with Crippen LogP contribution in [0.15, 0.2) is 91.0 Å². The third-order valence-electron chi connectivity index (χ3n) is 7.15. The van der Waals surface area contributed by atoms with Crippen molar-refractivity contribution in [3.8, 4) is 5.75 Å². The van der Waals surface area contributed by atoms with Crippen LogP contribution in [0.4, 0.5) is 4.79 Å². The fourth-order valence-electron chi connectivity index (χ4n) is 5.09. The molecule has 1 saturated heterocycles. The van der Waals surface area contributed by atoms with Gasteiger partial charge in [-0.3, -0.25) is 10.1 Å². The predicted molar refractivity (Wildman–Crippen MR) is 136 cm³/mol. The van der Waals surface area contributed by atoms with Gasteiger partial charge in [0.15, 0.2) is 0 Å². The molecule has 1 spiro atoms. The van der Waals surface area contributed by atoms with E-state index in [-0.39, 0.29) is 5.91 Å². The normalized spacial score (nSPS) is 20.0. The number of hydrogen-bond acceptors (Lipinski definition) is 5. The summed E-state index contributed by atoms with van der Waals surface area (Å²) in [6, 6.07) is 26.7. The van der Waals surface area contributed by atoms with E-state index >= 15 is 0 Å². The summed E-state index contributed by atoms with van der Waals surface area (Å²) in [4.78, 5) is 28.3. The molecule has 1 heterocycles. The average molecular weight is 486 g/mol. The zero-order chi connectivity index (χ0) is 25.0. The summed E-state index contributed by atoms with van der Waals surface area (Å²) in [7, 11) is 0. The Balaban J connectivity index is 1.35. The molecule has 1 aliphatic heterocycles. The summed E-state index contributed by atoms with van der Waals surface area (Å²) in [5.41, 5.74) is 1.52. The topological polar surface area (TPSA) is 90.9 Å². The molecule has 3 aromatic rings. The van der Waals surface area contributed by atoms with Gasteiger partial charge in [-0.15, -0.1) is 0 Å². The maximum Gasteiger partial charge on any atom is 0.412 e. The lowest BCUT2D eigenvalue weighted by Crippen LogP contribution is -2.59. The number of rotatable bonds is 8. The Labute approximate surface area is 211 Å². The van der Waals surface area contributed by atoms with Crippen LogP contribution in [0.5, 0.6) is 5.75 Å². The van der Waals surface area contributed by atoms with Crippen LogP contribution >= 0.6 is 0 Å². The minimum atomic E-state index is -1.15. The summed E-state index contributed by atoms with van der Waals surface area (Å²) < 4.78 is 5.42. The standard InChI is InChI=1S/C29H31N3O4/c33-26(25-27(34)32(29(31-25)17-10-18-29)20-22-13-6-2-7-14-22)24(19-21-11-4-1-5-12-21)30-28(35)36-23-15-8-3-9-16-23/h1-9,11-16,24-26,31,33H,10,17-20H2,(H,30,35)/t24-,25?,26+/m0/s1. The molecule has 0 aromatic heterocycles. The van der Waals surface area contributed by atoms with E-state index in [9.17, 15) is 14.7 Å². The van der Waals surface area contributed by atoms with Gasteiger partial charge in [-0.05, 0) is 48.9 Å². The number of aliphatic hydroxyl groups is 1. The highest BCUT2D eigenvalue weighted by Gasteiger charge is 2.56. The number of amides is 2. The minimum Gasteiger partial charge on any atom is -0.410 e. The Morgan fingerprint density at radius 2 is 1.56 bits per heavy atom. The predicted octanol–water partition coefficient (Wildman–Crippen LogP) is 3.63. The van der Waals surface area contributed by atoms with E-state index in [0.717, 1.165) is 30.4 Å². The van der Waals surface area contributed by atoms with Gasteiger partial charge in [0.2, 0.25) is 5.91 Å². The van der Waals surface area contributed by atoms with E-state index in [2.05, 4.69) is 10.6 Å². The van der Waals surface area contributed by atoms with Crippen LogP contribution in [0.2, 0.25) is 0 Å². The van der Waals surface area contributed by atoms with E-state index in [4.69, 9.17) is 4.74 Å². The second-order valence-corrected chi connectivity index (χ2v) is 9.55. The first-order valence-corrected chi connectivity index (χ1v) is 12.4. The molecular formula is C29H31N3O4. The zero-order valence-electron chi connectivity index (χ0n) is 20.0. The Hall–Kier alpha value is -3.68. The van der Waals surface area contributed by atoms with Crippen molar-refractivity contribution in [2.45, 2.75) is 56.1 Å². The average Bonchev–Trinajstić information content (AvgIpc) is 3.18. The van der Waals surface area contributed by atoms with Crippen LogP contribution in [0, 0.1) is 0 Å². The van der Waals surface area contributed by atoms with E-state index < -0.39 is 29.9 Å². The van der Waals surface area contributed by atoms with Crippen LogP contribution in [0.1, 0.15) is 30.4 Å². The molecular weight excluding hydrogens is 454 g/mol. The number of benzene rings is 3. The molecule has 2 amide bonds. The van der Waals surface area contributed by atoms with Crippen molar-refractivity contribution in [1.82, 2.24) is 15.5 Å². The molecule has 3 atom stereocenters. The zero-order valence-corrected chi connectivity index (χ0v) is 20.0. The maximum absolute atomic E-state index is 13.7. The lowest BCUT2D eigenvalue weighted by atomic mass is 9.84. The highest BCUT2D eigenvalue weighted by molar-refractivity contribution is 5.86. The van der Waals surface area contributed by atoms with E-state index in [1.54, 1.807) is 24.3 Å². The van der Waals surface area contributed by atoms with Crippen LogP contribution < -0.4 is 15.4 Å². The summed E-state index contributed by atoms with van der Waals surface area (Å²) >= 11 is 0. The largest absolute Gasteiger partial charge is 0.412 e. The molecule has 5 rings (SSSR count). The molecule has 1 aliphatic carbocycles. The molecule has 0 radical (unpaired) electrons. The SMILES string of the molecule is O=C(N[C@@H](Cc1ccccc1)[C@@H](O)C1NC2(CCC2)N(Cc2ccccc2)C1=O)Oc1ccccc1. The second-order valence-electron chi connectivity index (χ2n) is 9.55. The van der Waals surface area contributed by atoms with Crippen molar-refractivity contribution in [2.75, 3.05) is 0 Å². The molecule has 186 valence electrons. The van der Waals surface area contributed by atoms with Crippen molar-refractivity contribution in [2.24, 2.45) is 0 Å². The number of carbonyl (C=O) groups excluding carboxylic acids is 2. The second kappa shape index (κ2) is 10.5. The van der Waals surface area contributed by atoms with Crippen molar-refractivity contribution < 1.29 is 19.4 Å². The third kappa shape index (κ3) is 5.12. The number of nitrogens with zero attached hydrogens (tertiary/aromatic N) is 1. The monoisotopic (exact) mass is 485 g/mol. The fraction of sp³-hybridized carbons (Fsp3) is 0.310. The molecule has 0 bridgehead atoms. The fourth-order valence-corrected chi connectivity index (χ4v) is 5.09. The first-order chi connectivity index (χ1) is 17.5. The van der Waals surface area contributed by atoms with Crippen molar-refractivity contribution >= 4 is 12.0 Å². The van der Waals surface area contributed by atoms with Gasteiger partial charge in [0.05, 0.1) is 17.8 Å². The molecule has 1 saturated carbocycles. The van der Waals surface area contributed by atoms with Gasteiger partial charge >= 0.3 is 6.09 Å². The van der Waals surface area contributed by atoms with E-state index in [1.807, 2.05) is 71.6 Å². The van der Waals surface area contributed by atoms with Gasteiger partial charge in [-0.2, -0.15) is 0 Å². The van der Waals surface area contributed by atoms with Gasteiger partial charge < -0.3 is 20.1 Å². The highest BCUT2D eigenvalue weighted by atomic mass is 16.6. The van der Waals surface area contributed by atoms with Crippen LogP contribution in [0.25, 0.3) is 0 Å². The van der Waals surface area contributed by atoms with E-state index in [0.29, 0.717) is 18.7 Å². The molecule has 36 heavy (non-hydrogen) atoms. The van der Waals surface area contributed by atoms with Gasteiger partial charge in [0.1, 0.15) is 11.8 Å². The third-order valence-corrected chi connectivity index (χ3v) is 7.15. The first-order valence-electron chi connectivity index (χ1n) is 12.4. The number of para-hydroxylation sites is 1. The van der Waals surface area contributed by atoms with Crippen LogP contribution in [0.3, 0.4) is 0 Å². The summed E-state index contributed by atoms with van der Waals surface area (Å²) in [5.74, 6) is 0.253. The number of aliphatic hydroxyl groups excluding tert-OH is 1. The van der Waals surface area contributed by atoms with Crippen LogP contribution in [-0.4, -0.2) is 45.9 Å². The molecule has 1 unspecified atom stereocenters. The smallest absolute Gasteiger partial charge is 0.410 e. The van der Waals surface area contributed by atoms with Gasteiger partial charge in [0, 0.05) is 6.54 Å². The Kier molecular flexibility index (Phi) is 7.02. The molecule has 2 fully saturated rings. The van der Waals surface area contributed by atoms with Gasteiger partial charge in [0.25, 0.3) is 0 Å². The summed E-state index contributed by atoms with van der Waals surface area (Å²) in [6.07, 6.45) is 1.21. The van der Waals surface area contributed by atoms with Crippen molar-refractivity contribution in [3.63, 3.8) is 0 Å². The number of hydrogen-bond donors (Lipinski definition) is 3.